The molecular weight excluding hydrogens is 224 g/mol. The summed E-state index contributed by atoms with van der Waals surface area (Å²) >= 11 is 0. The first-order valence-electron chi connectivity index (χ1n) is 5.55. The molecule has 0 aliphatic heterocycles. The van der Waals surface area contributed by atoms with Crippen molar-refractivity contribution in [2.75, 3.05) is 13.1 Å². The molecular formula is C10H20N4O3. The first kappa shape index (κ1) is 15.4. The van der Waals surface area contributed by atoms with Gasteiger partial charge in [0.2, 0.25) is 11.8 Å². The summed E-state index contributed by atoms with van der Waals surface area (Å²) in [4.78, 5) is 32.6. The van der Waals surface area contributed by atoms with Gasteiger partial charge in [0.05, 0.1) is 6.54 Å². The zero-order valence-corrected chi connectivity index (χ0v) is 10.2. The molecule has 1 unspecified atom stereocenters. The van der Waals surface area contributed by atoms with Gasteiger partial charge in [-0.1, -0.05) is 6.92 Å². The third-order valence-electron chi connectivity index (χ3n) is 2.10. The topological polar surface area (TPSA) is 113 Å². The maximum Gasteiger partial charge on any atom is 0.318 e. The minimum Gasteiger partial charge on any atom is -0.354 e. The fourth-order valence-electron chi connectivity index (χ4n) is 1.03. The number of primary amides is 1. The normalized spacial score (nSPS) is 11.6. The van der Waals surface area contributed by atoms with Gasteiger partial charge in [-0.05, 0) is 13.3 Å². The molecule has 5 N–H and O–H groups in total. The van der Waals surface area contributed by atoms with E-state index in [0.29, 0.717) is 6.54 Å². The van der Waals surface area contributed by atoms with Crippen LogP contribution in [0.2, 0.25) is 0 Å². The van der Waals surface area contributed by atoms with Crippen LogP contribution < -0.4 is 21.7 Å². The summed E-state index contributed by atoms with van der Waals surface area (Å²) in [5, 5.41) is 7.44. The molecule has 0 aromatic rings. The van der Waals surface area contributed by atoms with E-state index in [-0.39, 0.29) is 24.9 Å². The van der Waals surface area contributed by atoms with E-state index in [1.807, 2.05) is 19.2 Å². The molecule has 4 amide bonds. The maximum absolute atomic E-state index is 11.3. The summed E-state index contributed by atoms with van der Waals surface area (Å²) in [6.07, 6.45) is 1.16. The van der Waals surface area contributed by atoms with Crippen LogP contribution in [0.4, 0.5) is 4.79 Å². The van der Waals surface area contributed by atoms with Crippen molar-refractivity contribution in [3.8, 4) is 0 Å². The van der Waals surface area contributed by atoms with E-state index in [9.17, 15) is 14.4 Å². The van der Waals surface area contributed by atoms with Crippen molar-refractivity contribution in [3.05, 3.63) is 0 Å². The molecule has 0 aliphatic rings. The van der Waals surface area contributed by atoms with Crippen molar-refractivity contribution in [3.63, 3.8) is 0 Å². The predicted octanol–water partition coefficient (Wildman–Crippen LogP) is -0.924. The van der Waals surface area contributed by atoms with Crippen LogP contribution in [0.15, 0.2) is 0 Å². The van der Waals surface area contributed by atoms with E-state index in [2.05, 4.69) is 10.6 Å². The molecule has 7 nitrogen and oxygen atoms in total. The number of nitrogens with one attached hydrogen (secondary N) is 3. The molecule has 7 heteroatoms. The molecule has 98 valence electrons. The molecule has 0 rings (SSSR count). The zero-order chi connectivity index (χ0) is 13.3. The molecule has 0 spiro atoms. The van der Waals surface area contributed by atoms with Gasteiger partial charge in [-0.2, -0.15) is 0 Å². The summed E-state index contributed by atoms with van der Waals surface area (Å²) in [6, 6.07) is -0.730. The average molecular weight is 244 g/mol. The number of imide groups is 1. The van der Waals surface area contributed by atoms with E-state index in [0.717, 1.165) is 6.42 Å². The lowest BCUT2D eigenvalue weighted by Gasteiger charge is -2.11. The van der Waals surface area contributed by atoms with Gasteiger partial charge in [0.25, 0.3) is 0 Å². The summed E-state index contributed by atoms with van der Waals surface area (Å²) in [5.41, 5.74) is 4.75. The molecule has 0 saturated heterocycles. The fraction of sp³-hybridized carbons (Fsp3) is 0.700. The monoisotopic (exact) mass is 244 g/mol. The molecule has 0 aliphatic carbocycles. The van der Waals surface area contributed by atoms with Gasteiger partial charge in [0.1, 0.15) is 0 Å². The molecule has 0 fully saturated rings. The lowest BCUT2D eigenvalue weighted by atomic mass is 10.2. The van der Waals surface area contributed by atoms with Gasteiger partial charge >= 0.3 is 6.03 Å². The van der Waals surface area contributed by atoms with Crippen LogP contribution >= 0.6 is 0 Å². The maximum atomic E-state index is 11.3. The van der Waals surface area contributed by atoms with Crippen LogP contribution in [-0.4, -0.2) is 37.0 Å². The Morgan fingerprint density at radius 3 is 2.41 bits per heavy atom. The lowest BCUT2D eigenvalue weighted by molar-refractivity contribution is -0.122. The number of hydrogen-bond acceptors (Lipinski definition) is 4. The Labute approximate surface area is 100 Å². The van der Waals surface area contributed by atoms with Crippen molar-refractivity contribution in [2.45, 2.75) is 32.7 Å². The van der Waals surface area contributed by atoms with Crippen molar-refractivity contribution in [1.82, 2.24) is 16.0 Å². The van der Waals surface area contributed by atoms with Crippen LogP contribution in [0.5, 0.6) is 0 Å². The number of urea groups is 1. The number of carbonyl (C=O) groups is 3. The summed E-state index contributed by atoms with van der Waals surface area (Å²) in [7, 11) is 0. The number of hydrogen-bond donors (Lipinski definition) is 4. The minimum absolute atomic E-state index is 0.0421. The van der Waals surface area contributed by atoms with Crippen molar-refractivity contribution < 1.29 is 14.4 Å². The van der Waals surface area contributed by atoms with E-state index < -0.39 is 11.9 Å². The summed E-state index contributed by atoms with van der Waals surface area (Å²) < 4.78 is 0. The molecule has 0 heterocycles. The second-order valence-electron chi connectivity index (χ2n) is 3.72. The molecule has 17 heavy (non-hydrogen) atoms. The molecule has 0 aromatic carbocycles. The van der Waals surface area contributed by atoms with Gasteiger partial charge < -0.3 is 16.4 Å². The Morgan fingerprint density at radius 2 is 1.88 bits per heavy atom. The van der Waals surface area contributed by atoms with E-state index in [4.69, 9.17) is 5.73 Å². The van der Waals surface area contributed by atoms with Crippen LogP contribution in [0.25, 0.3) is 0 Å². The smallest absolute Gasteiger partial charge is 0.318 e. The highest BCUT2D eigenvalue weighted by molar-refractivity contribution is 5.94. The van der Waals surface area contributed by atoms with Crippen molar-refractivity contribution in [2.24, 2.45) is 5.73 Å². The van der Waals surface area contributed by atoms with Gasteiger partial charge in [-0.3, -0.25) is 14.9 Å². The molecule has 1 atom stereocenters. The second kappa shape index (κ2) is 8.51. The third-order valence-corrected chi connectivity index (χ3v) is 2.10. The fourth-order valence-corrected chi connectivity index (χ4v) is 1.03. The predicted molar refractivity (Wildman–Crippen MR) is 63.1 cm³/mol. The average Bonchev–Trinajstić information content (AvgIpc) is 2.23. The SMILES string of the molecule is CCC(C)NC(=O)CCNCC(=O)NC(N)=O. The Bertz CT molecular complexity index is 281. The number of nitrogens with two attached hydrogens (primary N) is 1. The summed E-state index contributed by atoms with van der Waals surface area (Å²) in [6.45, 7) is 4.23. The minimum atomic E-state index is -0.883. The van der Waals surface area contributed by atoms with Crippen LogP contribution in [0.3, 0.4) is 0 Å². The highest BCUT2D eigenvalue weighted by Gasteiger charge is 2.06. The molecule has 0 bridgehead atoms. The van der Waals surface area contributed by atoms with Crippen LogP contribution in [-0.2, 0) is 9.59 Å². The Balaban J connectivity index is 3.54. The first-order chi connectivity index (χ1) is 7.95. The van der Waals surface area contributed by atoms with Crippen LogP contribution in [0, 0.1) is 0 Å². The standard InChI is InChI=1S/C10H20N4O3/c1-3-7(2)13-8(15)4-5-12-6-9(16)14-10(11)17/h7,12H,3-6H2,1-2H3,(H,13,15)(H3,11,14,16,17). The largest absolute Gasteiger partial charge is 0.354 e. The van der Waals surface area contributed by atoms with Gasteiger partial charge in [0, 0.05) is 19.0 Å². The molecule has 0 saturated carbocycles. The third kappa shape index (κ3) is 9.31. The molecule has 0 radical (unpaired) electrons. The van der Waals surface area contributed by atoms with Crippen molar-refractivity contribution >= 4 is 17.8 Å². The van der Waals surface area contributed by atoms with Gasteiger partial charge in [0.15, 0.2) is 0 Å². The number of amides is 4. The van der Waals surface area contributed by atoms with Crippen LogP contribution in [0.1, 0.15) is 26.7 Å². The number of carbonyl (C=O) groups excluding carboxylic acids is 3. The zero-order valence-electron chi connectivity index (χ0n) is 10.2. The van der Waals surface area contributed by atoms with E-state index >= 15 is 0 Å². The quantitative estimate of drug-likeness (QED) is 0.433. The van der Waals surface area contributed by atoms with E-state index in [1.165, 1.54) is 0 Å². The first-order valence-corrected chi connectivity index (χ1v) is 5.55. The van der Waals surface area contributed by atoms with Gasteiger partial charge in [-0.15, -0.1) is 0 Å². The van der Waals surface area contributed by atoms with Crippen molar-refractivity contribution in [1.29, 1.82) is 0 Å². The van der Waals surface area contributed by atoms with E-state index in [1.54, 1.807) is 0 Å². The Morgan fingerprint density at radius 1 is 1.24 bits per heavy atom. The lowest BCUT2D eigenvalue weighted by Crippen LogP contribution is -2.41. The number of rotatable bonds is 7. The second-order valence-corrected chi connectivity index (χ2v) is 3.72. The van der Waals surface area contributed by atoms with Gasteiger partial charge in [-0.25, -0.2) is 4.79 Å². The molecule has 0 aromatic heterocycles. The Hall–Kier alpha value is -1.63. The highest BCUT2D eigenvalue weighted by Crippen LogP contribution is 1.88. The summed E-state index contributed by atoms with van der Waals surface area (Å²) in [5.74, 6) is -0.581. The highest BCUT2D eigenvalue weighted by atomic mass is 16.2. The Kier molecular flexibility index (Phi) is 7.70.